The number of rotatable bonds is 3. The van der Waals surface area contributed by atoms with Crippen LogP contribution in [0, 0.1) is 0 Å². The number of nitrogens with zero attached hydrogens (tertiary/aromatic N) is 1. The van der Waals surface area contributed by atoms with Gasteiger partial charge in [0.25, 0.3) is 0 Å². The molecular formula is C11H16BrNO. The Labute approximate surface area is 93.6 Å². The van der Waals surface area contributed by atoms with E-state index >= 15 is 0 Å². The average molecular weight is 258 g/mol. The van der Waals surface area contributed by atoms with E-state index in [1.54, 1.807) is 7.05 Å². The van der Waals surface area contributed by atoms with Crippen molar-refractivity contribution >= 4 is 15.9 Å². The summed E-state index contributed by atoms with van der Waals surface area (Å²) in [6, 6.07) is 6.27. The predicted octanol–water partition coefficient (Wildman–Crippen LogP) is 3.39. The topological polar surface area (TPSA) is 23.5 Å². The van der Waals surface area contributed by atoms with Crippen molar-refractivity contribution in [2.75, 3.05) is 7.05 Å². The van der Waals surface area contributed by atoms with Crippen LogP contribution in [-0.2, 0) is 6.54 Å². The molecule has 0 bridgehead atoms. The summed E-state index contributed by atoms with van der Waals surface area (Å²) in [7, 11) is 1.65. The molecule has 0 spiro atoms. The highest BCUT2D eigenvalue weighted by Gasteiger charge is 2.04. The molecule has 0 atom stereocenters. The van der Waals surface area contributed by atoms with Gasteiger partial charge in [0.15, 0.2) is 0 Å². The Bertz CT molecular complexity index is 310. The molecule has 1 rings (SSSR count). The van der Waals surface area contributed by atoms with Crippen molar-refractivity contribution in [1.29, 1.82) is 0 Å². The molecule has 0 saturated carbocycles. The molecule has 0 radical (unpaired) electrons. The fourth-order valence-corrected chi connectivity index (χ4v) is 1.92. The van der Waals surface area contributed by atoms with Gasteiger partial charge >= 0.3 is 0 Å². The van der Waals surface area contributed by atoms with Gasteiger partial charge in [-0.15, -0.1) is 0 Å². The van der Waals surface area contributed by atoms with Crippen molar-refractivity contribution in [2.24, 2.45) is 0 Å². The van der Waals surface area contributed by atoms with Crippen molar-refractivity contribution in [3.8, 4) is 0 Å². The lowest BCUT2D eigenvalue weighted by Gasteiger charge is -2.12. The Morgan fingerprint density at radius 2 is 2.00 bits per heavy atom. The molecule has 14 heavy (non-hydrogen) atoms. The largest absolute Gasteiger partial charge is 0.314 e. The van der Waals surface area contributed by atoms with Gasteiger partial charge in [-0.1, -0.05) is 35.8 Å². The Hall–Kier alpha value is -0.380. The second-order valence-corrected chi connectivity index (χ2v) is 4.78. The molecular weight excluding hydrogens is 242 g/mol. The lowest BCUT2D eigenvalue weighted by atomic mass is 10.0. The van der Waals surface area contributed by atoms with Crippen molar-refractivity contribution in [2.45, 2.75) is 26.3 Å². The molecule has 0 aliphatic heterocycles. The minimum atomic E-state index is 0.509. The van der Waals surface area contributed by atoms with E-state index in [1.807, 2.05) is 6.07 Å². The van der Waals surface area contributed by atoms with Crippen LogP contribution >= 0.6 is 15.9 Å². The minimum Gasteiger partial charge on any atom is -0.314 e. The molecule has 0 aliphatic carbocycles. The van der Waals surface area contributed by atoms with Crippen LogP contribution in [0.4, 0.5) is 0 Å². The molecule has 0 fully saturated rings. The Morgan fingerprint density at radius 1 is 1.36 bits per heavy atom. The second kappa shape index (κ2) is 4.91. The molecule has 0 aliphatic rings. The monoisotopic (exact) mass is 257 g/mol. The second-order valence-electron chi connectivity index (χ2n) is 3.86. The fraction of sp³-hybridized carbons (Fsp3) is 0.455. The molecule has 1 N–H and O–H groups in total. The van der Waals surface area contributed by atoms with Crippen LogP contribution in [0.2, 0.25) is 0 Å². The van der Waals surface area contributed by atoms with Crippen LogP contribution in [0.5, 0.6) is 0 Å². The average Bonchev–Trinajstić information content (AvgIpc) is 2.01. The van der Waals surface area contributed by atoms with Crippen LogP contribution < -0.4 is 0 Å². The zero-order chi connectivity index (χ0) is 10.7. The summed E-state index contributed by atoms with van der Waals surface area (Å²) in [5.74, 6) is 0.509. The van der Waals surface area contributed by atoms with E-state index in [4.69, 9.17) is 5.21 Å². The van der Waals surface area contributed by atoms with Crippen LogP contribution in [0.15, 0.2) is 22.7 Å². The summed E-state index contributed by atoms with van der Waals surface area (Å²) < 4.78 is 1.07. The summed E-state index contributed by atoms with van der Waals surface area (Å²) in [5, 5.41) is 10.3. The van der Waals surface area contributed by atoms with Gasteiger partial charge in [0.05, 0.1) is 0 Å². The lowest BCUT2D eigenvalue weighted by molar-refractivity contribution is -0.0731. The molecule has 1 aromatic carbocycles. The third kappa shape index (κ3) is 3.40. The van der Waals surface area contributed by atoms with Crippen molar-refractivity contribution < 1.29 is 5.21 Å². The maximum atomic E-state index is 9.14. The smallest absolute Gasteiger partial charge is 0.0486 e. The van der Waals surface area contributed by atoms with Crippen molar-refractivity contribution in [1.82, 2.24) is 5.06 Å². The van der Waals surface area contributed by atoms with E-state index in [0.29, 0.717) is 12.5 Å². The number of halogens is 1. The highest BCUT2D eigenvalue weighted by atomic mass is 79.9. The molecule has 0 aromatic heterocycles. The van der Waals surface area contributed by atoms with Gasteiger partial charge in [0.2, 0.25) is 0 Å². The normalized spacial score (nSPS) is 11.4. The molecule has 0 amide bonds. The van der Waals surface area contributed by atoms with Gasteiger partial charge in [-0.05, 0) is 29.2 Å². The van der Waals surface area contributed by atoms with Crippen LogP contribution in [-0.4, -0.2) is 17.3 Å². The summed E-state index contributed by atoms with van der Waals surface area (Å²) in [5.41, 5.74) is 2.41. The fourth-order valence-electron chi connectivity index (χ4n) is 1.36. The number of hydrogen-bond donors (Lipinski definition) is 1. The van der Waals surface area contributed by atoms with Gasteiger partial charge < -0.3 is 5.21 Å². The van der Waals surface area contributed by atoms with Crippen LogP contribution in [0.25, 0.3) is 0 Å². The van der Waals surface area contributed by atoms with E-state index < -0.39 is 0 Å². The zero-order valence-electron chi connectivity index (χ0n) is 8.79. The molecule has 0 saturated heterocycles. The summed E-state index contributed by atoms with van der Waals surface area (Å²) in [4.78, 5) is 0. The number of hydrogen-bond acceptors (Lipinski definition) is 2. The van der Waals surface area contributed by atoms with E-state index in [0.717, 1.165) is 10.0 Å². The van der Waals surface area contributed by atoms with E-state index in [1.165, 1.54) is 10.6 Å². The molecule has 1 aromatic rings. The number of hydroxylamine groups is 2. The van der Waals surface area contributed by atoms with Crippen molar-refractivity contribution in [3.63, 3.8) is 0 Å². The first-order chi connectivity index (χ1) is 6.49. The van der Waals surface area contributed by atoms with Gasteiger partial charge in [-0.25, -0.2) is 0 Å². The first-order valence-corrected chi connectivity index (χ1v) is 5.47. The van der Waals surface area contributed by atoms with Gasteiger partial charge in [-0.3, -0.25) is 0 Å². The lowest BCUT2D eigenvalue weighted by Crippen LogP contribution is -2.11. The number of benzene rings is 1. The van der Waals surface area contributed by atoms with E-state index in [-0.39, 0.29) is 0 Å². The van der Waals surface area contributed by atoms with Gasteiger partial charge in [0.1, 0.15) is 0 Å². The molecule has 2 nitrogen and oxygen atoms in total. The zero-order valence-corrected chi connectivity index (χ0v) is 10.4. The molecule has 0 unspecified atom stereocenters. The minimum absolute atomic E-state index is 0.509. The third-order valence-electron chi connectivity index (χ3n) is 2.06. The highest BCUT2D eigenvalue weighted by molar-refractivity contribution is 9.10. The highest BCUT2D eigenvalue weighted by Crippen LogP contribution is 2.22. The first-order valence-electron chi connectivity index (χ1n) is 4.68. The quantitative estimate of drug-likeness (QED) is 0.840. The van der Waals surface area contributed by atoms with Crippen LogP contribution in [0.1, 0.15) is 30.9 Å². The molecule has 0 heterocycles. The summed E-state index contributed by atoms with van der Waals surface area (Å²) in [6.45, 7) is 4.88. The van der Waals surface area contributed by atoms with E-state index in [9.17, 15) is 0 Å². The summed E-state index contributed by atoms with van der Waals surface area (Å²) in [6.07, 6.45) is 0. The molecule has 78 valence electrons. The van der Waals surface area contributed by atoms with Crippen molar-refractivity contribution in [3.05, 3.63) is 33.8 Å². The molecule has 3 heteroatoms. The Kier molecular flexibility index (Phi) is 4.11. The van der Waals surface area contributed by atoms with Gasteiger partial charge in [-0.2, -0.15) is 5.06 Å². The summed E-state index contributed by atoms with van der Waals surface area (Å²) >= 11 is 3.47. The Balaban J connectivity index is 2.95. The SMILES string of the molecule is CC(C)c1cc(Br)cc(CN(C)O)c1. The van der Waals surface area contributed by atoms with Crippen LogP contribution in [0.3, 0.4) is 0 Å². The van der Waals surface area contributed by atoms with E-state index in [2.05, 4.69) is 41.9 Å². The van der Waals surface area contributed by atoms with Gasteiger partial charge in [0, 0.05) is 18.1 Å². The maximum Gasteiger partial charge on any atom is 0.0486 e. The Morgan fingerprint density at radius 3 is 2.50 bits per heavy atom. The third-order valence-corrected chi connectivity index (χ3v) is 2.52. The first kappa shape index (κ1) is 11.7. The standard InChI is InChI=1S/C11H16BrNO/c1-8(2)10-4-9(7-13(3)14)5-11(12)6-10/h4-6,8,14H,7H2,1-3H3. The maximum absolute atomic E-state index is 9.14. The predicted molar refractivity (Wildman–Crippen MR) is 61.5 cm³/mol.